The van der Waals surface area contributed by atoms with Crippen molar-refractivity contribution in [1.82, 2.24) is 0 Å². The highest BCUT2D eigenvalue weighted by Gasteiger charge is 1.87. The summed E-state index contributed by atoms with van der Waals surface area (Å²) in [4.78, 5) is 0. The van der Waals surface area contributed by atoms with Gasteiger partial charge in [0.15, 0.2) is 0 Å². The van der Waals surface area contributed by atoms with E-state index in [4.69, 9.17) is 4.74 Å². The Morgan fingerprint density at radius 1 is 1.00 bits per heavy atom. The summed E-state index contributed by atoms with van der Waals surface area (Å²) in [5, 5.41) is 0. The van der Waals surface area contributed by atoms with Crippen LogP contribution in [0.4, 0.5) is 0 Å². The minimum absolute atomic E-state index is 0.768. The van der Waals surface area contributed by atoms with Crippen LogP contribution in [0.5, 0.6) is 0 Å². The van der Waals surface area contributed by atoms with E-state index in [0.717, 1.165) is 36.2 Å². The normalized spacial score (nSPS) is 10.2. The number of thioether (sulfide) groups is 1. The van der Waals surface area contributed by atoms with Gasteiger partial charge >= 0.3 is 0 Å². The summed E-state index contributed by atoms with van der Waals surface area (Å²) in [6, 6.07) is 0. The lowest BCUT2D eigenvalue weighted by molar-refractivity contribution is 0.167. The first-order valence-electron chi connectivity index (χ1n) is 3.29. The predicted octanol–water partition coefficient (Wildman–Crippen LogP) is 1.60. The molecular weight excluding hydrogens is 184 g/mol. The third-order valence-electron chi connectivity index (χ3n) is 0.843. The fraction of sp³-hybridized carbons (Fsp3) is 1.00. The molecule has 4 heteroatoms. The predicted molar refractivity (Wildman–Crippen MR) is 55.9 cm³/mol. The molecule has 0 bridgehead atoms. The molecule has 0 aromatic heterocycles. The van der Waals surface area contributed by atoms with Gasteiger partial charge in [-0.05, 0) is 5.75 Å². The Balaban J connectivity index is 2.65. The van der Waals surface area contributed by atoms with Gasteiger partial charge in [-0.3, -0.25) is 0 Å². The summed E-state index contributed by atoms with van der Waals surface area (Å²) in [6.07, 6.45) is 0. The highest BCUT2D eigenvalue weighted by Crippen LogP contribution is 1.99. The zero-order chi connectivity index (χ0) is 7.66. The van der Waals surface area contributed by atoms with E-state index < -0.39 is 0 Å². The van der Waals surface area contributed by atoms with E-state index in [9.17, 15) is 0 Å². The number of hydrogen-bond donors (Lipinski definition) is 2. The molecule has 0 N–H and O–H groups in total. The fourth-order valence-electron chi connectivity index (χ4n) is 0.451. The van der Waals surface area contributed by atoms with Gasteiger partial charge in [0.1, 0.15) is 0 Å². The molecule has 0 saturated carbocycles. The molecule has 0 aromatic carbocycles. The molecule has 0 aliphatic rings. The van der Waals surface area contributed by atoms with E-state index in [0.29, 0.717) is 0 Å². The van der Waals surface area contributed by atoms with Gasteiger partial charge in [0.25, 0.3) is 0 Å². The Morgan fingerprint density at radius 2 is 1.80 bits per heavy atom. The lowest BCUT2D eigenvalue weighted by atomic mass is 10.8. The largest absolute Gasteiger partial charge is 0.380 e. The summed E-state index contributed by atoms with van der Waals surface area (Å²) in [5.74, 6) is 3.97. The standard InChI is InChI=1S/C6H14OS3/c8-3-1-7-2-5-10-6-4-9/h8-9H,1-6H2. The lowest BCUT2D eigenvalue weighted by Gasteiger charge is -2.00. The molecule has 0 fully saturated rings. The van der Waals surface area contributed by atoms with Crippen molar-refractivity contribution in [1.29, 1.82) is 0 Å². The van der Waals surface area contributed by atoms with E-state index in [1.54, 1.807) is 0 Å². The van der Waals surface area contributed by atoms with Crippen LogP contribution in [0.1, 0.15) is 0 Å². The summed E-state index contributed by atoms with van der Waals surface area (Å²) in [5.41, 5.74) is 0. The first-order valence-corrected chi connectivity index (χ1v) is 5.71. The summed E-state index contributed by atoms with van der Waals surface area (Å²) < 4.78 is 5.21. The molecule has 0 saturated heterocycles. The highest BCUT2D eigenvalue weighted by atomic mass is 32.2. The maximum absolute atomic E-state index is 5.21. The van der Waals surface area contributed by atoms with Crippen LogP contribution in [0.3, 0.4) is 0 Å². The smallest absolute Gasteiger partial charge is 0.0557 e. The van der Waals surface area contributed by atoms with Crippen LogP contribution < -0.4 is 0 Å². The van der Waals surface area contributed by atoms with Gasteiger partial charge < -0.3 is 4.74 Å². The molecule has 10 heavy (non-hydrogen) atoms. The Hall–Kier alpha value is 1.01. The molecule has 0 aliphatic heterocycles. The Kier molecular flexibility index (Phi) is 11.0. The van der Waals surface area contributed by atoms with E-state index in [1.165, 1.54) is 0 Å². The Morgan fingerprint density at radius 3 is 2.40 bits per heavy atom. The van der Waals surface area contributed by atoms with Crippen molar-refractivity contribution in [3.8, 4) is 0 Å². The van der Waals surface area contributed by atoms with Crippen LogP contribution >= 0.6 is 37.0 Å². The van der Waals surface area contributed by atoms with E-state index in [-0.39, 0.29) is 0 Å². The Bertz CT molecular complexity index is 53.0. The lowest BCUT2D eigenvalue weighted by Crippen LogP contribution is -2.00. The summed E-state index contributed by atoms with van der Waals surface area (Å²) >= 11 is 9.99. The maximum atomic E-state index is 5.21. The van der Waals surface area contributed by atoms with Crippen molar-refractivity contribution >= 4 is 37.0 Å². The fourth-order valence-corrected chi connectivity index (χ4v) is 1.54. The zero-order valence-corrected chi connectivity index (χ0v) is 8.56. The van der Waals surface area contributed by atoms with Crippen LogP contribution in [-0.2, 0) is 4.74 Å². The van der Waals surface area contributed by atoms with Crippen molar-refractivity contribution in [2.75, 3.05) is 36.2 Å². The first-order chi connectivity index (χ1) is 4.91. The second-order valence-electron chi connectivity index (χ2n) is 1.67. The molecule has 0 aliphatic carbocycles. The van der Waals surface area contributed by atoms with Crippen LogP contribution in [0, 0.1) is 0 Å². The van der Waals surface area contributed by atoms with Gasteiger partial charge in [0, 0.05) is 17.3 Å². The zero-order valence-electron chi connectivity index (χ0n) is 5.95. The third kappa shape index (κ3) is 9.01. The van der Waals surface area contributed by atoms with Crippen molar-refractivity contribution in [3.63, 3.8) is 0 Å². The number of ether oxygens (including phenoxy) is 1. The van der Waals surface area contributed by atoms with Crippen LogP contribution in [0.2, 0.25) is 0 Å². The molecule has 0 heterocycles. The number of thiol groups is 2. The number of rotatable bonds is 7. The van der Waals surface area contributed by atoms with Gasteiger partial charge in [0.2, 0.25) is 0 Å². The van der Waals surface area contributed by atoms with Crippen molar-refractivity contribution in [3.05, 3.63) is 0 Å². The number of hydrogen-bond acceptors (Lipinski definition) is 4. The minimum atomic E-state index is 0.768. The molecule has 0 unspecified atom stereocenters. The molecule has 1 nitrogen and oxygen atoms in total. The van der Waals surface area contributed by atoms with Gasteiger partial charge in [0.05, 0.1) is 13.2 Å². The van der Waals surface area contributed by atoms with Crippen molar-refractivity contribution in [2.45, 2.75) is 0 Å². The summed E-state index contributed by atoms with van der Waals surface area (Å²) in [6.45, 7) is 1.61. The second kappa shape index (κ2) is 10.0. The van der Waals surface area contributed by atoms with Crippen LogP contribution in [0.15, 0.2) is 0 Å². The average Bonchev–Trinajstić information content (AvgIpc) is 1.97. The summed E-state index contributed by atoms with van der Waals surface area (Å²) in [7, 11) is 0. The van der Waals surface area contributed by atoms with E-state index in [1.807, 2.05) is 11.8 Å². The first kappa shape index (κ1) is 11.0. The van der Waals surface area contributed by atoms with Crippen molar-refractivity contribution < 1.29 is 4.74 Å². The SMILES string of the molecule is SCCOCCSCCS. The van der Waals surface area contributed by atoms with E-state index >= 15 is 0 Å². The highest BCUT2D eigenvalue weighted by molar-refractivity contribution is 8.00. The topological polar surface area (TPSA) is 9.23 Å². The van der Waals surface area contributed by atoms with E-state index in [2.05, 4.69) is 25.3 Å². The maximum Gasteiger partial charge on any atom is 0.0557 e. The van der Waals surface area contributed by atoms with Crippen LogP contribution in [-0.4, -0.2) is 36.2 Å². The van der Waals surface area contributed by atoms with Gasteiger partial charge in [-0.15, -0.1) is 0 Å². The molecule has 0 aromatic rings. The van der Waals surface area contributed by atoms with Gasteiger partial charge in [-0.2, -0.15) is 37.0 Å². The minimum Gasteiger partial charge on any atom is -0.380 e. The molecule has 62 valence electrons. The molecule has 0 atom stereocenters. The molecular formula is C6H14OS3. The quantitative estimate of drug-likeness (QED) is 0.475. The third-order valence-corrected chi connectivity index (χ3v) is 2.50. The molecule has 0 radical (unpaired) electrons. The van der Waals surface area contributed by atoms with Gasteiger partial charge in [-0.1, -0.05) is 0 Å². The molecule has 0 rings (SSSR count). The average molecular weight is 198 g/mol. The Labute approximate surface area is 78.1 Å². The monoisotopic (exact) mass is 198 g/mol. The van der Waals surface area contributed by atoms with Crippen molar-refractivity contribution in [2.24, 2.45) is 0 Å². The molecule has 0 spiro atoms. The second-order valence-corrected chi connectivity index (χ2v) is 3.79. The van der Waals surface area contributed by atoms with Crippen LogP contribution in [0.25, 0.3) is 0 Å². The van der Waals surface area contributed by atoms with Gasteiger partial charge in [-0.25, -0.2) is 0 Å². The molecule has 0 amide bonds.